The maximum Gasteiger partial charge on any atom is 0.326 e. The Labute approximate surface area is 119 Å². The van der Waals surface area contributed by atoms with Crippen LogP contribution < -0.4 is 10.6 Å². The Morgan fingerprint density at radius 3 is 2.30 bits per heavy atom. The summed E-state index contributed by atoms with van der Waals surface area (Å²) in [5.74, 6) is -1.01. The molecule has 0 heterocycles. The zero-order chi connectivity index (χ0) is 15.1. The topological polar surface area (TPSA) is 78.4 Å². The highest BCUT2D eigenvalue weighted by atomic mass is 16.4. The molecular weight excluding hydrogens is 256 g/mol. The highest BCUT2D eigenvalue weighted by Gasteiger charge is 2.19. The molecule has 2 atom stereocenters. The lowest BCUT2D eigenvalue weighted by molar-refractivity contribution is -0.139. The molecule has 0 radical (unpaired) electrons. The van der Waals surface area contributed by atoms with Crippen LogP contribution in [0.15, 0.2) is 24.3 Å². The number of amides is 2. The summed E-state index contributed by atoms with van der Waals surface area (Å²) in [6, 6.07) is 6.36. The van der Waals surface area contributed by atoms with Gasteiger partial charge in [-0.25, -0.2) is 9.59 Å². The Balaban J connectivity index is 2.56. The molecule has 0 aliphatic carbocycles. The lowest BCUT2D eigenvalue weighted by Gasteiger charge is -2.18. The van der Waals surface area contributed by atoms with E-state index in [4.69, 9.17) is 5.11 Å². The highest BCUT2D eigenvalue weighted by Crippen LogP contribution is 2.12. The Morgan fingerprint density at radius 1 is 1.20 bits per heavy atom. The van der Waals surface area contributed by atoms with E-state index >= 15 is 0 Å². The van der Waals surface area contributed by atoms with Crippen molar-refractivity contribution in [2.45, 2.75) is 45.7 Å². The summed E-state index contributed by atoms with van der Waals surface area (Å²) < 4.78 is 0. The summed E-state index contributed by atoms with van der Waals surface area (Å²) in [6.07, 6.45) is 1.12. The van der Waals surface area contributed by atoms with E-state index < -0.39 is 18.0 Å². The second-order valence-electron chi connectivity index (χ2n) is 4.93. The number of carbonyl (C=O) groups excluding carboxylic acids is 1. The molecule has 1 rings (SSSR count). The van der Waals surface area contributed by atoms with Crippen LogP contribution in [-0.2, 0) is 4.79 Å². The van der Waals surface area contributed by atoms with Crippen molar-refractivity contribution in [3.8, 4) is 0 Å². The van der Waals surface area contributed by atoms with Gasteiger partial charge in [0.2, 0.25) is 0 Å². The summed E-state index contributed by atoms with van der Waals surface area (Å²) in [5, 5.41) is 14.2. The van der Waals surface area contributed by atoms with E-state index in [2.05, 4.69) is 10.6 Å². The maximum absolute atomic E-state index is 11.8. The monoisotopic (exact) mass is 278 g/mol. The fraction of sp³-hybridized carbons (Fsp3) is 0.467. The molecule has 1 aromatic carbocycles. The molecule has 0 bridgehead atoms. The van der Waals surface area contributed by atoms with E-state index in [9.17, 15) is 9.59 Å². The minimum absolute atomic E-state index is 0.174. The predicted octanol–water partition coefficient (Wildman–Crippen LogP) is 2.61. The van der Waals surface area contributed by atoms with Crippen molar-refractivity contribution in [3.05, 3.63) is 35.4 Å². The molecule has 0 saturated heterocycles. The number of aryl methyl sites for hydroxylation is 1. The average molecular weight is 278 g/mol. The van der Waals surface area contributed by atoms with Gasteiger partial charge in [-0.05, 0) is 25.8 Å². The van der Waals surface area contributed by atoms with Crippen LogP contribution in [0, 0.1) is 6.92 Å². The highest BCUT2D eigenvalue weighted by molar-refractivity contribution is 5.82. The van der Waals surface area contributed by atoms with E-state index in [-0.39, 0.29) is 6.04 Å². The van der Waals surface area contributed by atoms with Gasteiger partial charge in [-0.1, -0.05) is 43.2 Å². The van der Waals surface area contributed by atoms with Crippen LogP contribution in [0.5, 0.6) is 0 Å². The summed E-state index contributed by atoms with van der Waals surface area (Å²) in [5.41, 5.74) is 2.13. The molecule has 3 N–H and O–H groups in total. The molecule has 1 unspecified atom stereocenters. The molecule has 0 aliphatic heterocycles. The predicted molar refractivity (Wildman–Crippen MR) is 77.6 cm³/mol. The molecule has 0 fully saturated rings. The van der Waals surface area contributed by atoms with Crippen molar-refractivity contribution in [1.82, 2.24) is 10.6 Å². The van der Waals surface area contributed by atoms with Gasteiger partial charge in [-0.2, -0.15) is 0 Å². The minimum Gasteiger partial charge on any atom is -0.480 e. The van der Waals surface area contributed by atoms with Crippen LogP contribution in [0.1, 0.15) is 43.9 Å². The van der Waals surface area contributed by atoms with Crippen molar-refractivity contribution in [1.29, 1.82) is 0 Å². The van der Waals surface area contributed by atoms with Gasteiger partial charge >= 0.3 is 12.0 Å². The van der Waals surface area contributed by atoms with E-state index in [1.807, 2.05) is 45.0 Å². The normalized spacial score (nSPS) is 13.3. The molecule has 0 aliphatic rings. The van der Waals surface area contributed by atoms with Gasteiger partial charge in [-0.15, -0.1) is 0 Å². The van der Waals surface area contributed by atoms with E-state index in [1.165, 1.54) is 0 Å². The maximum atomic E-state index is 11.8. The first-order valence-electron chi connectivity index (χ1n) is 6.80. The third-order valence-electron chi connectivity index (χ3n) is 3.11. The summed E-state index contributed by atoms with van der Waals surface area (Å²) in [7, 11) is 0. The molecule has 0 spiro atoms. The van der Waals surface area contributed by atoms with Crippen LogP contribution in [0.4, 0.5) is 4.79 Å². The molecule has 2 amide bonds. The molecule has 0 saturated carbocycles. The molecule has 20 heavy (non-hydrogen) atoms. The van der Waals surface area contributed by atoms with Crippen molar-refractivity contribution in [2.75, 3.05) is 0 Å². The number of aliphatic carboxylic acids is 1. The van der Waals surface area contributed by atoms with Crippen molar-refractivity contribution in [3.63, 3.8) is 0 Å². The minimum atomic E-state index is -1.01. The number of benzene rings is 1. The van der Waals surface area contributed by atoms with Crippen LogP contribution in [-0.4, -0.2) is 23.1 Å². The molecule has 5 nitrogen and oxygen atoms in total. The second-order valence-corrected chi connectivity index (χ2v) is 4.93. The zero-order valence-electron chi connectivity index (χ0n) is 12.1. The molecule has 0 aromatic heterocycles. The van der Waals surface area contributed by atoms with E-state index in [1.54, 1.807) is 0 Å². The fourth-order valence-electron chi connectivity index (χ4n) is 1.88. The summed E-state index contributed by atoms with van der Waals surface area (Å²) in [4.78, 5) is 22.8. The Kier molecular flexibility index (Phi) is 6.03. The number of carboxylic acids is 1. The van der Waals surface area contributed by atoms with Crippen LogP contribution in [0.3, 0.4) is 0 Å². The van der Waals surface area contributed by atoms with Gasteiger partial charge in [-0.3, -0.25) is 0 Å². The second kappa shape index (κ2) is 7.53. The van der Waals surface area contributed by atoms with E-state index in [0.29, 0.717) is 12.8 Å². The lowest BCUT2D eigenvalue weighted by Crippen LogP contribution is -2.46. The van der Waals surface area contributed by atoms with Gasteiger partial charge in [0.15, 0.2) is 0 Å². The first-order valence-corrected chi connectivity index (χ1v) is 6.80. The zero-order valence-corrected chi connectivity index (χ0v) is 12.1. The number of rotatable bonds is 6. The Hall–Kier alpha value is -2.04. The van der Waals surface area contributed by atoms with Gasteiger partial charge < -0.3 is 15.7 Å². The third-order valence-corrected chi connectivity index (χ3v) is 3.11. The average Bonchev–Trinajstić information content (AvgIpc) is 2.38. The Morgan fingerprint density at radius 2 is 1.80 bits per heavy atom. The lowest BCUT2D eigenvalue weighted by atomic mass is 10.1. The number of hydrogen-bond donors (Lipinski definition) is 3. The SMILES string of the molecule is CCC[C@H](NC(=O)NC(C)c1ccc(C)cc1)C(=O)O. The van der Waals surface area contributed by atoms with Crippen LogP contribution in [0.2, 0.25) is 0 Å². The third kappa shape index (κ3) is 4.91. The molecule has 110 valence electrons. The van der Waals surface area contributed by atoms with Gasteiger partial charge in [0.1, 0.15) is 6.04 Å². The first-order chi connectivity index (χ1) is 9.43. The standard InChI is InChI=1S/C15H22N2O3/c1-4-5-13(14(18)19)17-15(20)16-11(3)12-8-6-10(2)7-9-12/h6-9,11,13H,4-5H2,1-3H3,(H,18,19)(H2,16,17,20)/t11?,13-/m0/s1. The first kappa shape index (κ1) is 16.0. The van der Waals surface area contributed by atoms with Gasteiger partial charge in [0, 0.05) is 0 Å². The van der Waals surface area contributed by atoms with Crippen molar-refractivity contribution < 1.29 is 14.7 Å². The quantitative estimate of drug-likeness (QED) is 0.748. The number of carbonyl (C=O) groups is 2. The van der Waals surface area contributed by atoms with Crippen molar-refractivity contribution in [2.24, 2.45) is 0 Å². The van der Waals surface area contributed by atoms with Crippen LogP contribution in [0.25, 0.3) is 0 Å². The fourth-order valence-corrected chi connectivity index (χ4v) is 1.88. The summed E-state index contributed by atoms with van der Waals surface area (Å²) in [6.45, 7) is 5.74. The summed E-state index contributed by atoms with van der Waals surface area (Å²) >= 11 is 0. The Bertz CT molecular complexity index is 457. The number of urea groups is 1. The molecular formula is C15H22N2O3. The van der Waals surface area contributed by atoms with Gasteiger partial charge in [0.05, 0.1) is 6.04 Å². The van der Waals surface area contributed by atoms with Gasteiger partial charge in [0.25, 0.3) is 0 Å². The number of carboxylic acid groups (broad SMARTS) is 1. The largest absolute Gasteiger partial charge is 0.480 e. The number of hydrogen-bond acceptors (Lipinski definition) is 2. The van der Waals surface area contributed by atoms with E-state index in [0.717, 1.165) is 11.1 Å². The van der Waals surface area contributed by atoms with Crippen molar-refractivity contribution >= 4 is 12.0 Å². The van der Waals surface area contributed by atoms with Crippen LogP contribution >= 0.6 is 0 Å². The number of nitrogens with one attached hydrogen (secondary N) is 2. The smallest absolute Gasteiger partial charge is 0.326 e. The molecule has 1 aromatic rings. The molecule has 5 heteroatoms.